The van der Waals surface area contributed by atoms with E-state index in [9.17, 15) is 0 Å². The van der Waals surface area contributed by atoms with Crippen LogP contribution in [0, 0.1) is 22.7 Å². The molecule has 0 aromatic rings. The Labute approximate surface area is 148 Å². The molecule has 4 unspecified atom stereocenters. The smallest absolute Gasteiger partial charge is 0.0161 e. The van der Waals surface area contributed by atoms with Gasteiger partial charge >= 0.3 is 0 Å². The second-order valence-electron chi connectivity index (χ2n) is 9.05. The lowest BCUT2D eigenvalue weighted by molar-refractivity contribution is 0.202. The van der Waals surface area contributed by atoms with Crippen molar-refractivity contribution in [1.29, 1.82) is 0 Å². The molecule has 0 heterocycles. The van der Waals surface area contributed by atoms with E-state index in [4.69, 9.17) is 0 Å². The van der Waals surface area contributed by atoms with Crippen LogP contribution < -0.4 is 0 Å². The summed E-state index contributed by atoms with van der Waals surface area (Å²) in [5.74, 6) is 1.77. The molecule has 4 atom stereocenters. The van der Waals surface area contributed by atoms with Gasteiger partial charge in [-0.15, -0.1) is 0 Å². The van der Waals surface area contributed by atoms with Crippen LogP contribution in [-0.4, -0.2) is 0 Å². The second-order valence-corrected chi connectivity index (χ2v) is 9.05. The predicted molar refractivity (Wildman–Crippen MR) is 104 cm³/mol. The molecule has 4 rings (SSSR count). The van der Waals surface area contributed by atoms with Gasteiger partial charge in [-0.3, -0.25) is 0 Å². The van der Waals surface area contributed by atoms with Gasteiger partial charge in [0, 0.05) is 10.8 Å². The van der Waals surface area contributed by atoms with Crippen molar-refractivity contribution in [3.8, 4) is 0 Å². The summed E-state index contributed by atoms with van der Waals surface area (Å²) in [7, 11) is 0. The fourth-order valence-corrected chi connectivity index (χ4v) is 5.97. The predicted octanol–water partition coefficient (Wildman–Crippen LogP) is 6.93. The molecule has 1 saturated carbocycles. The SMILES string of the molecule is CC1=C(C)C(C)(C2=CCC(C)(C3=CC=CC3)C=C2)C2CCCC2C1. The van der Waals surface area contributed by atoms with Crippen LogP contribution in [0.3, 0.4) is 0 Å². The molecule has 0 saturated heterocycles. The summed E-state index contributed by atoms with van der Waals surface area (Å²) in [6, 6.07) is 0. The minimum atomic E-state index is 0.222. The number of hydrogen-bond donors (Lipinski definition) is 0. The van der Waals surface area contributed by atoms with Crippen LogP contribution in [0.15, 0.2) is 58.7 Å². The molecule has 128 valence electrons. The van der Waals surface area contributed by atoms with Gasteiger partial charge in [-0.25, -0.2) is 0 Å². The average Bonchev–Trinajstić information content (AvgIpc) is 3.25. The molecule has 0 amide bonds. The molecule has 0 aliphatic heterocycles. The Kier molecular flexibility index (Phi) is 3.79. The fourth-order valence-electron chi connectivity index (χ4n) is 5.97. The van der Waals surface area contributed by atoms with Crippen molar-refractivity contribution in [1.82, 2.24) is 0 Å². The number of fused-ring (bicyclic) bond motifs is 1. The van der Waals surface area contributed by atoms with Gasteiger partial charge in [0.15, 0.2) is 0 Å². The van der Waals surface area contributed by atoms with Crippen molar-refractivity contribution in [3.63, 3.8) is 0 Å². The first kappa shape index (κ1) is 16.2. The Morgan fingerprint density at radius 2 is 1.96 bits per heavy atom. The fraction of sp³-hybridized carbons (Fsp3) is 0.583. The van der Waals surface area contributed by atoms with Gasteiger partial charge in [0.1, 0.15) is 0 Å². The largest absolute Gasteiger partial charge is 0.0804 e. The molecule has 0 heteroatoms. The standard InChI is InChI=1S/C24H32/c1-17-16-19-8-7-11-22(19)24(4,18(17)2)21-12-14-23(3,15-13-21)20-9-5-6-10-20/h5-6,9,12-14,19,22H,7-8,10-11,15-16H2,1-4H3. The van der Waals surface area contributed by atoms with E-state index in [0.29, 0.717) is 0 Å². The van der Waals surface area contributed by atoms with E-state index < -0.39 is 0 Å². The van der Waals surface area contributed by atoms with Gasteiger partial charge < -0.3 is 0 Å². The minimum Gasteiger partial charge on any atom is -0.0804 e. The Morgan fingerprint density at radius 1 is 1.12 bits per heavy atom. The van der Waals surface area contributed by atoms with E-state index in [-0.39, 0.29) is 10.8 Å². The number of rotatable bonds is 2. The van der Waals surface area contributed by atoms with Crippen molar-refractivity contribution < 1.29 is 0 Å². The van der Waals surface area contributed by atoms with Crippen molar-refractivity contribution in [2.75, 3.05) is 0 Å². The second kappa shape index (κ2) is 5.61. The topological polar surface area (TPSA) is 0 Å². The van der Waals surface area contributed by atoms with E-state index in [1.165, 1.54) is 25.7 Å². The van der Waals surface area contributed by atoms with Crippen LogP contribution in [0.2, 0.25) is 0 Å². The highest BCUT2D eigenvalue weighted by Crippen LogP contribution is 2.59. The zero-order chi connectivity index (χ0) is 16.9. The molecule has 0 spiro atoms. The maximum absolute atomic E-state index is 2.58. The first-order chi connectivity index (χ1) is 11.4. The summed E-state index contributed by atoms with van der Waals surface area (Å²) >= 11 is 0. The monoisotopic (exact) mass is 320 g/mol. The third-order valence-corrected chi connectivity index (χ3v) is 7.87. The van der Waals surface area contributed by atoms with Gasteiger partial charge in [-0.05, 0) is 63.4 Å². The van der Waals surface area contributed by atoms with Crippen molar-refractivity contribution in [3.05, 3.63) is 58.7 Å². The van der Waals surface area contributed by atoms with Crippen molar-refractivity contribution in [2.24, 2.45) is 22.7 Å². The van der Waals surface area contributed by atoms with Crippen LogP contribution in [-0.2, 0) is 0 Å². The number of allylic oxidation sites excluding steroid dienone is 10. The van der Waals surface area contributed by atoms with Crippen LogP contribution in [0.25, 0.3) is 0 Å². The van der Waals surface area contributed by atoms with Crippen LogP contribution >= 0.6 is 0 Å². The lowest BCUT2D eigenvalue weighted by atomic mass is 9.57. The van der Waals surface area contributed by atoms with E-state index in [0.717, 1.165) is 24.7 Å². The van der Waals surface area contributed by atoms with E-state index in [2.05, 4.69) is 64.2 Å². The molecule has 4 aliphatic carbocycles. The van der Waals surface area contributed by atoms with Gasteiger partial charge in [-0.1, -0.05) is 73.4 Å². The molecule has 0 radical (unpaired) electrons. The molecule has 0 nitrogen and oxygen atoms in total. The Hall–Kier alpha value is -1.30. The molecule has 0 bridgehead atoms. The van der Waals surface area contributed by atoms with Crippen LogP contribution in [0.1, 0.15) is 66.2 Å². The lowest BCUT2D eigenvalue weighted by Gasteiger charge is -2.47. The van der Waals surface area contributed by atoms with Gasteiger partial charge in [0.25, 0.3) is 0 Å². The van der Waals surface area contributed by atoms with Crippen LogP contribution in [0.5, 0.6) is 0 Å². The first-order valence-electron chi connectivity index (χ1n) is 9.88. The highest BCUT2D eigenvalue weighted by Gasteiger charge is 2.48. The number of hydrogen-bond acceptors (Lipinski definition) is 0. The summed E-state index contributed by atoms with van der Waals surface area (Å²) in [4.78, 5) is 0. The Morgan fingerprint density at radius 3 is 2.62 bits per heavy atom. The summed E-state index contributed by atoms with van der Waals surface area (Å²) < 4.78 is 0. The zero-order valence-electron chi connectivity index (χ0n) is 15.9. The third kappa shape index (κ3) is 2.25. The normalized spacial score (nSPS) is 41.5. The summed E-state index contributed by atoms with van der Waals surface area (Å²) in [6.07, 6.45) is 22.3. The molecule has 1 fully saturated rings. The quantitative estimate of drug-likeness (QED) is 0.484. The van der Waals surface area contributed by atoms with Crippen LogP contribution in [0.4, 0.5) is 0 Å². The first-order valence-corrected chi connectivity index (χ1v) is 9.88. The highest BCUT2D eigenvalue weighted by molar-refractivity contribution is 5.45. The summed E-state index contributed by atoms with van der Waals surface area (Å²) in [5.41, 5.74) is 6.98. The minimum absolute atomic E-state index is 0.222. The average molecular weight is 321 g/mol. The molecule has 0 N–H and O–H groups in total. The molecular weight excluding hydrogens is 288 g/mol. The lowest BCUT2D eigenvalue weighted by Crippen LogP contribution is -2.38. The molecule has 4 aliphatic rings. The highest BCUT2D eigenvalue weighted by atomic mass is 14.5. The van der Waals surface area contributed by atoms with Gasteiger partial charge in [0.05, 0.1) is 0 Å². The summed E-state index contributed by atoms with van der Waals surface area (Å²) in [5, 5.41) is 0. The zero-order valence-corrected chi connectivity index (χ0v) is 15.9. The summed E-state index contributed by atoms with van der Waals surface area (Å²) in [6.45, 7) is 9.75. The maximum atomic E-state index is 2.58. The Balaban J connectivity index is 1.67. The Bertz CT molecular complexity index is 696. The van der Waals surface area contributed by atoms with Crippen molar-refractivity contribution in [2.45, 2.75) is 66.2 Å². The van der Waals surface area contributed by atoms with E-state index in [1.807, 2.05) is 0 Å². The molecular formula is C24H32. The van der Waals surface area contributed by atoms with Crippen molar-refractivity contribution >= 4 is 0 Å². The molecule has 0 aromatic heterocycles. The molecule has 0 aromatic carbocycles. The maximum Gasteiger partial charge on any atom is 0.0161 e. The van der Waals surface area contributed by atoms with E-state index >= 15 is 0 Å². The third-order valence-electron chi connectivity index (χ3n) is 7.87. The van der Waals surface area contributed by atoms with Gasteiger partial charge in [0.2, 0.25) is 0 Å². The molecule has 24 heavy (non-hydrogen) atoms. The van der Waals surface area contributed by atoms with E-state index in [1.54, 1.807) is 22.3 Å². The van der Waals surface area contributed by atoms with Gasteiger partial charge in [-0.2, -0.15) is 0 Å².